The molecule has 1 N–H and O–H groups in total. The number of benzene rings is 2. The van der Waals surface area contributed by atoms with Crippen molar-refractivity contribution in [2.75, 3.05) is 14.2 Å². The van der Waals surface area contributed by atoms with E-state index in [-0.39, 0.29) is 23.5 Å². The minimum Gasteiger partial charge on any atom is -0.508 e. The van der Waals surface area contributed by atoms with Gasteiger partial charge in [-0.25, -0.2) is 9.59 Å². The average molecular weight is 384 g/mol. The quantitative estimate of drug-likeness (QED) is 0.514. The van der Waals surface area contributed by atoms with Crippen LogP contribution in [0.15, 0.2) is 45.6 Å². The monoisotopic (exact) mass is 384 g/mol. The molecule has 0 saturated heterocycles. The Kier molecular flexibility index (Phi) is 5.54. The number of esters is 1. The maximum absolute atomic E-state index is 12.7. The maximum Gasteiger partial charge on any atom is 0.346 e. The molecule has 0 aliphatic carbocycles. The highest BCUT2D eigenvalue weighted by atomic mass is 16.5. The molecule has 7 heteroatoms. The summed E-state index contributed by atoms with van der Waals surface area (Å²) >= 11 is 0. The highest BCUT2D eigenvalue weighted by Crippen LogP contribution is 2.30. The Hall–Kier alpha value is -3.48. The van der Waals surface area contributed by atoms with Crippen molar-refractivity contribution in [1.29, 1.82) is 0 Å². The topological polar surface area (TPSA) is 95.2 Å². The number of ether oxygens (including phenoxy) is 3. The fourth-order valence-electron chi connectivity index (χ4n) is 2.98. The first kappa shape index (κ1) is 19.3. The third-order valence-electron chi connectivity index (χ3n) is 4.40. The number of hydrogen-bond acceptors (Lipinski definition) is 7. The minimum atomic E-state index is -0.648. The van der Waals surface area contributed by atoms with E-state index < -0.39 is 11.6 Å². The predicted octanol–water partition coefficient (Wildman–Crippen LogP) is 3.44. The maximum atomic E-state index is 12.7. The number of carbonyl (C=O) groups is 1. The van der Waals surface area contributed by atoms with Crippen molar-refractivity contribution >= 4 is 16.9 Å². The molecular weight excluding hydrogens is 364 g/mol. The van der Waals surface area contributed by atoms with Crippen LogP contribution in [0.25, 0.3) is 11.0 Å². The molecule has 7 nitrogen and oxygen atoms in total. The molecule has 1 aromatic heterocycles. The second kappa shape index (κ2) is 8.04. The summed E-state index contributed by atoms with van der Waals surface area (Å²) in [6, 6.07) is 9.34. The summed E-state index contributed by atoms with van der Waals surface area (Å²) in [4.78, 5) is 24.5. The molecule has 0 bridgehead atoms. The number of rotatable bonds is 6. The average Bonchev–Trinajstić information content (AvgIpc) is 2.70. The molecule has 0 aliphatic heterocycles. The molecule has 0 fully saturated rings. The predicted molar refractivity (Wildman–Crippen MR) is 102 cm³/mol. The van der Waals surface area contributed by atoms with E-state index in [1.165, 1.54) is 26.4 Å². The summed E-state index contributed by atoms with van der Waals surface area (Å²) in [5.41, 5.74) is 0.954. The van der Waals surface area contributed by atoms with Crippen molar-refractivity contribution in [3.63, 3.8) is 0 Å². The Morgan fingerprint density at radius 3 is 2.36 bits per heavy atom. The van der Waals surface area contributed by atoms with Gasteiger partial charge in [-0.15, -0.1) is 0 Å². The normalized spacial score (nSPS) is 10.7. The van der Waals surface area contributed by atoms with Crippen molar-refractivity contribution in [3.8, 4) is 17.2 Å². The van der Waals surface area contributed by atoms with E-state index in [0.717, 1.165) is 0 Å². The first-order chi connectivity index (χ1) is 13.5. The van der Waals surface area contributed by atoms with E-state index in [2.05, 4.69) is 0 Å². The molecule has 28 heavy (non-hydrogen) atoms. The zero-order valence-electron chi connectivity index (χ0n) is 15.8. The Bertz CT molecular complexity index is 1060. The Labute approximate surface area is 161 Å². The summed E-state index contributed by atoms with van der Waals surface area (Å²) in [6.45, 7) is 1.74. The summed E-state index contributed by atoms with van der Waals surface area (Å²) < 4.78 is 21.0. The number of phenolic OH excluding ortho intramolecular Hbond substituents is 1. The van der Waals surface area contributed by atoms with Gasteiger partial charge in [0.2, 0.25) is 0 Å². The fraction of sp³-hybridized carbons (Fsp3) is 0.238. The number of aromatic hydroxyl groups is 1. The Morgan fingerprint density at radius 2 is 1.75 bits per heavy atom. The van der Waals surface area contributed by atoms with Crippen LogP contribution in [0.4, 0.5) is 0 Å². The van der Waals surface area contributed by atoms with Crippen molar-refractivity contribution < 1.29 is 28.5 Å². The lowest BCUT2D eigenvalue weighted by atomic mass is 10.0. The second-order valence-corrected chi connectivity index (χ2v) is 6.03. The Morgan fingerprint density at radius 1 is 1.07 bits per heavy atom. The van der Waals surface area contributed by atoms with Gasteiger partial charge in [0.15, 0.2) is 0 Å². The molecule has 0 unspecified atom stereocenters. The van der Waals surface area contributed by atoms with E-state index in [1.807, 2.05) is 6.92 Å². The van der Waals surface area contributed by atoms with E-state index in [9.17, 15) is 14.7 Å². The van der Waals surface area contributed by atoms with E-state index >= 15 is 0 Å². The van der Waals surface area contributed by atoms with Crippen molar-refractivity contribution in [3.05, 3.63) is 63.5 Å². The molecule has 0 spiro atoms. The number of phenols is 1. The molecule has 0 amide bonds. The largest absolute Gasteiger partial charge is 0.508 e. The van der Waals surface area contributed by atoms with E-state index in [1.54, 1.807) is 24.3 Å². The SMILES string of the molecule is CCc1cc2c(COC(=O)c3c(OC)cccc3OC)cc(=O)oc2cc1O. The molecule has 0 aliphatic rings. The van der Waals surface area contributed by atoms with Crippen LogP contribution < -0.4 is 15.1 Å². The molecule has 0 saturated carbocycles. The van der Waals surface area contributed by atoms with Crippen LogP contribution in [0.5, 0.6) is 17.2 Å². The standard InChI is InChI=1S/C21H20O7/c1-4-12-8-14-13(9-19(23)28-18(14)10-15(12)22)11-27-21(24)20-16(25-2)6-5-7-17(20)26-3/h5-10,22H,4,11H2,1-3H3. The lowest BCUT2D eigenvalue weighted by Gasteiger charge is -2.13. The number of aryl methyl sites for hydroxylation is 1. The van der Waals surface area contributed by atoms with Gasteiger partial charge < -0.3 is 23.7 Å². The minimum absolute atomic E-state index is 0.0473. The molecule has 2 aromatic carbocycles. The smallest absolute Gasteiger partial charge is 0.346 e. The van der Waals surface area contributed by atoms with Gasteiger partial charge in [-0.05, 0) is 30.2 Å². The molecular formula is C21H20O7. The van der Waals surface area contributed by atoms with Gasteiger partial charge in [0.25, 0.3) is 0 Å². The summed E-state index contributed by atoms with van der Waals surface area (Å²) in [7, 11) is 2.89. The molecule has 0 atom stereocenters. The zero-order chi connectivity index (χ0) is 20.3. The first-order valence-corrected chi connectivity index (χ1v) is 8.65. The third-order valence-corrected chi connectivity index (χ3v) is 4.40. The van der Waals surface area contributed by atoms with Gasteiger partial charge in [0, 0.05) is 23.1 Å². The molecule has 3 aromatic rings. The van der Waals surface area contributed by atoms with Crippen LogP contribution in [0.3, 0.4) is 0 Å². The van der Waals surface area contributed by atoms with Crippen LogP contribution in [0.2, 0.25) is 0 Å². The van der Waals surface area contributed by atoms with Crippen molar-refractivity contribution in [1.82, 2.24) is 0 Å². The molecule has 1 heterocycles. The number of methoxy groups -OCH3 is 2. The van der Waals surface area contributed by atoms with Crippen LogP contribution in [-0.2, 0) is 17.8 Å². The lowest BCUT2D eigenvalue weighted by molar-refractivity contribution is 0.0466. The van der Waals surface area contributed by atoms with Gasteiger partial charge in [0.1, 0.15) is 35.0 Å². The van der Waals surface area contributed by atoms with E-state index in [0.29, 0.717) is 34.4 Å². The van der Waals surface area contributed by atoms with Crippen LogP contribution in [0, 0.1) is 0 Å². The fourth-order valence-corrected chi connectivity index (χ4v) is 2.98. The highest BCUT2D eigenvalue weighted by molar-refractivity contribution is 5.95. The van der Waals surface area contributed by atoms with Crippen molar-refractivity contribution in [2.24, 2.45) is 0 Å². The number of carbonyl (C=O) groups excluding carboxylic acids is 1. The molecule has 0 radical (unpaired) electrons. The van der Waals surface area contributed by atoms with E-state index in [4.69, 9.17) is 18.6 Å². The van der Waals surface area contributed by atoms with Crippen LogP contribution >= 0.6 is 0 Å². The highest BCUT2D eigenvalue weighted by Gasteiger charge is 2.20. The number of hydrogen-bond donors (Lipinski definition) is 1. The van der Waals surface area contributed by atoms with Crippen molar-refractivity contribution in [2.45, 2.75) is 20.0 Å². The van der Waals surface area contributed by atoms with Crippen LogP contribution in [-0.4, -0.2) is 25.3 Å². The third kappa shape index (κ3) is 3.64. The molecule has 3 rings (SSSR count). The zero-order valence-corrected chi connectivity index (χ0v) is 15.8. The second-order valence-electron chi connectivity index (χ2n) is 6.03. The summed E-state index contributed by atoms with van der Waals surface area (Å²) in [6.07, 6.45) is 0.596. The van der Waals surface area contributed by atoms with Crippen LogP contribution in [0.1, 0.15) is 28.4 Å². The Balaban J connectivity index is 1.96. The van der Waals surface area contributed by atoms with Gasteiger partial charge in [-0.3, -0.25) is 0 Å². The van der Waals surface area contributed by atoms with Gasteiger partial charge in [-0.1, -0.05) is 13.0 Å². The van der Waals surface area contributed by atoms with Gasteiger partial charge in [0.05, 0.1) is 14.2 Å². The van der Waals surface area contributed by atoms with Gasteiger partial charge in [-0.2, -0.15) is 0 Å². The first-order valence-electron chi connectivity index (χ1n) is 8.65. The molecule has 146 valence electrons. The summed E-state index contributed by atoms with van der Waals surface area (Å²) in [5, 5.41) is 10.6. The lowest BCUT2D eigenvalue weighted by Crippen LogP contribution is -2.10. The number of fused-ring (bicyclic) bond motifs is 1. The summed E-state index contributed by atoms with van der Waals surface area (Å²) in [5.74, 6) is 0.0381. The van der Waals surface area contributed by atoms with Gasteiger partial charge >= 0.3 is 11.6 Å².